The quantitative estimate of drug-likeness (QED) is 0.875. The van der Waals surface area contributed by atoms with Crippen molar-refractivity contribution in [2.24, 2.45) is 0 Å². The van der Waals surface area contributed by atoms with Crippen molar-refractivity contribution in [2.75, 3.05) is 25.0 Å². The van der Waals surface area contributed by atoms with Gasteiger partial charge < -0.3 is 10.6 Å². The number of carbonyl (C=O) groups is 2. The Bertz CT molecular complexity index is 490. The molecule has 0 atom stereocenters. The Balaban J connectivity index is 1.93. The first kappa shape index (κ1) is 12.7. The van der Waals surface area contributed by atoms with Crippen LogP contribution in [0.4, 0.5) is 10.5 Å². The molecular weight excluding hydrogens is 254 g/mol. The first-order valence-corrected chi connectivity index (χ1v) is 6.04. The van der Waals surface area contributed by atoms with Crippen molar-refractivity contribution in [1.29, 1.82) is 0 Å². The summed E-state index contributed by atoms with van der Waals surface area (Å²) < 4.78 is 0. The van der Waals surface area contributed by atoms with Gasteiger partial charge in [-0.15, -0.1) is 0 Å². The van der Waals surface area contributed by atoms with Crippen LogP contribution < -0.4 is 10.6 Å². The van der Waals surface area contributed by atoms with Crippen LogP contribution in [-0.2, 0) is 4.79 Å². The third-order valence-corrected chi connectivity index (χ3v) is 3.18. The molecule has 1 saturated heterocycles. The van der Waals surface area contributed by atoms with Gasteiger partial charge in [0.15, 0.2) is 0 Å². The summed E-state index contributed by atoms with van der Waals surface area (Å²) in [6.45, 7) is 2.92. The molecule has 5 nitrogen and oxygen atoms in total. The zero-order valence-corrected chi connectivity index (χ0v) is 10.8. The van der Waals surface area contributed by atoms with E-state index in [0.717, 1.165) is 11.3 Å². The van der Waals surface area contributed by atoms with E-state index >= 15 is 0 Å². The van der Waals surface area contributed by atoms with Gasteiger partial charge in [-0.05, 0) is 24.6 Å². The summed E-state index contributed by atoms with van der Waals surface area (Å²) in [6, 6.07) is 5.15. The second-order valence-electron chi connectivity index (χ2n) is 4.09. The van der Waals surface area contributed by atoms with Crippen LogP contribution in [0.3, 0.4) is 0 Å². The summed E-state index contributed by atoms with van der Waals surface area (Å²) in [7, 11) is 0. The van der Waals surface area contributed by atoms with Gasteiger partial charge in [-0.3, -0.25) is 9.69 Å². The summed E-state index contributed by atoms with van der Waals surface area (Å²) >= 11 is 5.98. The highest BCUT2D eigenvalue weighted by Crippen LogP contribution is 2.19. The Kier molecular flexibility index (Phi) is 3.72. The first-order chi connectivity index (χ1) is 8.58. The van der Waals surface area contributed by atoms with E-state index in [2.05, 4.69) is 10.6 Å². The molecular formula is C12H14ClN3O2. The Labute approximate surface area is 110 Å². The molecule has 2 rings (SSSR count). The van der Waals surface area contributed by atoms with Crippen molar-refractivity contribution < 1.29 is 9.59 Å². The van der Waals surface area contributed by atoms with Crippen LogP contribution in [0.1, 0.15) is 5.56 Å². The fourth-order valence-electron chi connectivity index (χ4n) is 1.69. The predicted molar refractivity (Wildman–Crippen MR) is 69.8 cm³/mol. The largest absolute Gasteiger partial charge is 0.376 e. The molecule has 1 heterocycles. The van der Waals surface area contributed by atoms with E-state index in [1.54, 1.807) is 6.07 Å². The van der Waals surface area contributed by atoms with Gasteiger partial charge in [-0.1, -0.05) is 17.7 Å². The molecule has 1 aromatic carbocycles. The maximum Gasteiger partial charge on any atom is 0.324 e. The fraction of sp³-hybridized carbons (Fsp3) is 0.333. The molecule has 0 bridgehead atoms. The SMILES string of the molecule is Cc1ccc(NCC(=O)N2CCNC2=O)cc1Cl. The maximum atomic E-state index is 11.8. The van der Waals surface area contributed by atoms with Crippen LogP contribution in [0.2, 0.25) is 5.02 Å². The molecule has 0 saturated carbocycles. The lowest BCUT2D eigenvalue weighted by Crippen LogP contribution is -2.37. The van der Waals surface area contributed by atoms with Crippen molar-refractivity contribution in [2.45, 2.75) is 6.92 Å². The van der Waals surface area contributed by atoms with E-state index in [1.165, 1.54) is 4.90 Å². The molecule has 0 unspecified atom stereocenters. The van der Waals surface area contributed by atoms with Crippen molar-refractivity contribution >= 4 is 29.2 Å². The van der Waals surface area contributed by atoms with E-state index in [0.29, 0.717) is 18.1 Å². The molecule has 0 spiro atoms. The molecule has 96 valence electrons. The number of carbonyl (C=O) groups excluding carboxylic acids is 2. The molecule has 0 aliphatic carbocycles. The second kappa shape index (κ2) is 5.27. The van der Waals surface area contributed by atoms with Crippen molar-refractivity contribution in [3.8, 4) is 0 Å². The minimum absolute atomic E-state index is 0.0762. The summed E-state index contributed by atoms with van der Waals surface area (Å²) in [5.74, 6) is -0.248. The second-order valence-corrected chi connectivity index (χ2v) is 4.50. The van der Waals surface area contributed by atoms with Gasteiger partial charge in [0.1, 0.15) is 0 Å². The lowest BCUT2D eigenvalue weighted by Gasteiger charge is -2.13. The van der Waals surface area contributed by atoms with Crippen LogP contribution in [0.5, 0.6) is 0 Å². The Morgan fingerprint density at radius 2 is 2.33 bits per heavy atom. The minimum atomic E-state index is -0.330. The van der Waals surface area contributed by atoms with Crippen molar-refractivity contribution in [3.05, 3.63) is 28.8 Å². The smallest absolute Gasteiger partial charge is 0.324 e. The van der Waals surface area contributed by atoms with E-state index in [-0.39, 0.29) is 18.5 Å². The number of benzene rings is 1. The van der Waals surface area contributed by atoms with Crippen molar-refractivity contribution in [1.82, 2.24) is 10.2 Å². The number of hydrogen-bond donors (Lipinski definition) is 2. The predicted octanol–water partition coefficient (Wildman–Crippen LogP) is 1.61. The number of rotatable bonds is 3. The Morgan fingerprint density at radius 3 is 2.94 bits per heavy atom. The van der Waals surface area contributed by atoms with E-state index in [1.807, 2.05) is 19.1 Å². The lowest BCUT2D eigenvalue weighted by molar-refractivity contribution is -0.125. The van der Waals surface area contributed by atoms with Crippen LogP contribution >= 0.6 is 11.6 Å². The standard InChI is InChI=1S/C12H14ClN3O2/c1-8-2-3-9(6-10(8)13)15-7-11(17)16-5-4-14-12(16)18/h2-3,6,15H,4-5,7H2,1H3,(H,14,18). The Hall–Kier alpha value is -1.75. The fourth-order valence-corrected chi connectivity index (χ4v) is 1.87. The molecule has 1 aromatic rings. The number of urea groups is 1. The average molecular weight is 268 g/mol. The monoisotopic (exact) mass is 267 g/mol. The number of imide groups is 1. The van der Waals surface area contributed by atoms with E-state index in [9.17, 15) is 9.59 Å². The number of aryl methyl sites for hydroxylation is 1. The van der Waals surface area contributed by atoms with Gasteiger partial charge in [-0.25, -0.2) is 4.79 Å². The zero-order chi connectivity index (χ0) is 13.1. The van der Waals surface area contributed by atoms with Gasteiger partial charge >= 0.3 is 6.03 Å². The highest BCUT2D eigenvalue weighted by molar-refractivity contribution is 6.31. The minimum Gasteiger partial charge on any atom is -0.376 e. The molecule has 0 aromatic heterocycles. The maximum absolute atomic E-state index is 11.8. The van der Waals surface area contributed by atoms with Crippen LogP contribution in [0, 0.1) is 6.92 Å². The lowest BCUT2D eigenvalue weighted by atomic mass is 10.2. The molecule has 1 aliphatic heterocycles. The zero-order valence-electron chi connectivity index (χ0n) is 10.00. The number of anilines is 1. The summed E-state index contributed by atoms with van der Waals surface area (Å²) in [4.78, 5) is 24.2. The number of nitrogens with zero attached hydrogens (tertiary/aromatic N) is 1. The van der Waals surface area contributed by atoms with Gasteiger partial charge in [-0.2, -0.15) is 0 Å². The molecule has 18 heavy (non-hydrogen) atoms. The molecule has 6 heteroatoms. The first-order valence-electron chi connectivity index (χ1n) is 5.66. The summed E-state index contributed by atoms with van der Waals surface area (Å²) in [5, 5.41) is 6.18. The number of amides is 3. The highest BCUT2D eigenvalue weighted by Gasteiger charge is 2.25. The molecule has 2 N–H and O–H groups in total. The van der Waals surface area contributed by atoms with E-state index < -0.39 is 0 Å². The third-order valence-electron chi connectivity index (χ3n) is 2.77. The molecule has 1 fully saturated rings. The number of hydrogen-bond acceptors (Lipinski definition) is 3. The van der Waals surface area contributed by atoms with Gasteiger partial charge in [0.25, 0.3) is 0 Å². The van der Waals surface area contributed by atoms with Crippen molar-refractivity contribution in [3.63, 3.8) is 0 Å². The normalized spacial score (nSPS) is 14.6. The van der Waals surface area contributed by atoms with Crippen LogP contribution in [0.25, 0.3) is 0 Å². The average Bonchev–Trinajstić information content (AvgIpc) is 2.77. The van der Waals surface area contributed by atoms with Crippen LogP contribution in [0.15, 0.2) is 18.2 Å². The summed E-state index contributed by atoms with van der Waals surface area (Å²) in [5.41, 5.74) is 1.74. The van der Waals surface area contributed by atoms with Gasteiger partial charge in [0.2, 0.25) is 5.91 Å². The highest BCUT2D eigenvalue weighted by atomic mass is 35.5. The Morgan fingerprint density at radius 1 is 1.56 bits per heavy atom. The molecule has 0 radical (unpaired) electrons. The van der Waals surface area contributed by atoms with Gasteiger partial charge in [0.05, 0.1) is 6.54 Å². The topological polar surface area (TPSA) is 61.4 Å². The number of nitrogens with one attached hydrogen (secondary N) is 2. The number of halogens is 1. The van der Waals surface area contributed by atoms with Crippen LogP contribution in [-0.4, -0.2) is 36.5 Å². The molecule has 1 aliphatic rings. The van der Waals surface area contributed by atoms with E-state index in [4.69, 9.17) is 11.6 Å². The summed E-state index contributed by atoms with van der Waals surface area (Å²) in [6.07, 6.45) is 0. The third kappa shape index (κ3) is 2.73. The van der Waals surface area contributed by atoms with Gasteiger partial charge in [0, 0.05) is 23.8 Å². The molecule has 3 amide bonds.